The Kier molecular flexibility index (Phi) is 4.44. The van der Waals surface area contributed by atoms with Crippen molar-refractivity contribution in [3.63, 3.8) is 0 Å². The zero-order valence-electron chi connectivity index (χ0n) is 14.2. The number of hydrogen-bond donors (Lipinski definition) is 2. The van der Waals surface area contributed by atoms with Crippen molar-refractivity contribution in [1.29, 1.82) is 5.26 Å². The third kappa shape index (κ3) is 3.10. The van der Waals surface area contributed by atoms with Gasteiger partial charge in [0.1, 0.15) is 23.5 Å². The van der Waals surface area contributed by atoms with Crippen LogP contribution >= 0.6 is 22.9 Å². The Morgan fingerprint density at radius 1 is 1.37 bits per heavy atom. The monoisotopic (exact) mass is 395 g/mol. The number of allylic oxidation sites excluding steroid dienone is 1. The Hall–Kier alpha value is -3.08. The number of carbonyl (C=O) groups excluding carboxylic acids is 1. The summed E-state index contributed by atoms with van der Waals surface area (Å²) in [6.07, 6.45) is 1.51. The first-order valence-corrected chi connectivity index (χ1v) is 9.40. The number of nitrogens with zero attached hydrogens (tertiary/aromatic N) is 3. The molecule has 1 amide bonds. The van der Waals surface area contributed by atoms with E-state index in [1.54, 1.807) is 28.9 Å². The predicted octanol–water partition coefficient (Wildman–Crippen LogP) is 4.40. The molecule has 0 fully saturated rings. The summed E-state index contributed by atoms with van der Waals surface area (Å²) in [5.74, 6) is 0.358. The zero-order chi connectivity index (χ0) is 19.0. The van der Waals surface area contributed by atoms with Crippen molar-refractivity contribution < 1.29 is 4.79 Å². The SMILES string of the molecule is CC1=C(C(=O)Nc2ccc(Cl)cc2)[C@H](c2cccs2)n2ncc(C#N)c2N1. The molecule has 1 atom stereocenters. The van der Waals surface area contributed by atoms with Crippen LogP contribution in [-0.2, 0) is 4.79 Å². The lowest BCUT2D eigenvalue weighted by molar-refractivity contribution is -0.113. The molecule has 0 bridgehead atoms. The van der Waals surface area contributed by atoms with E-state index in [1.165, 1.54) is 17.5 Å². The van der Waals surface area contributed by atoms with E-state index in [4.69, 9.17) is 11.6 Å². The lowest BCUT2D eigenvalue weighted by Gasteiger charge is -2.29. The van der Waals surface area contributed by atoms with E-state index in [1.807, 2.05) is 24.4 Å². The van der Waals surface area contributed by atoms with E-state index >= 15 is 0 Å². The fourth-order valence-corrected chi connectivity index (χ4v) is 4.02. The van der Waals surface area contributed by atoms with E-state index < -0.39 is 6.04 Å². The Labute approximate surface area is 164 Å². The molecule has 27 heavy (non-hydrogen) atoms. The summed E-state index contributed by atoms with van der Waals surface area (Å²) < 4.78 is 1.69. The number of rotatable bonds is 3. The van der Waals surface area contributed by atoms with Crippen LogP contribution in [0.15, 0.2) is 59.2 Å². The highest BCUT2D eigenvalue weighted by Gasteiger charge is 2.34. The molecule has 1 aromatic carbocycles. The summed E-state index contributed by atoms with van der Waals surface area (Å²) in [6, 6.07) is 12.6. The molecule has 6 nitrogen and oxygen atoms in total. The van der Waals surface area contributed by atoms with E-state index in [0.29, 0.717) is 33.4 Å². The predicted molar refractivity (Wildman–Crippen MR) is 106 cm³/mol. The lowest BCUT2D eigenvalue weighted by Crippen LogP contribution is -2.31. The van der Waals surface area contributed by atoms with Gasteiger partial charge in [-0.2, -0.15) is 10.4 Å². The molecule has 8 heteroatoms. The first kappa shape index (κ1) is 17.3. The van der Waals surface area contributed by atoms with Crippen molar-refractivity contribution in [2.45, 2.75) is 13.0 Å². The molecular weight excluding hydrogens is 382 g/mol. The largest absolute Gasteiger partial charge is 0.343 e. The second-order valence-corrected chi connectivity index (χ2v) is 7.42. The normalized spacial score (nSPS) is 15.7. The van der Waals surface area contributed by atoms with Crippen molar-refractivity contribution in [2.24, 2.45) is 0 Å². The molecule has 0 saturated heterocycles. The lowest BCUT2D eigenvalue weighted by atomic mass is 10.00. The summed E-state index contributed by atoms with van der Waals surface area (Å²) >= 11 is 7.45. The van der Waals surface area contributed by atoms with E-state index in [2.05, 4.69) is 21.8 Å². The first-order valence-electron chi connectivity index (χ1n) is 8.14. The Morgan fingerprint density at radius 2 is 2.15 bits per heavy atom. The maximum Gasteiger partial charge on any atom is 0.255 e. The molecule has 3 aromatic rings. The minimum atomic E-state index is -0.407. The van der Waals surface area contributed by atoms with Crippen molar-refractivity contribution in [2.75, 3.05) is 10.6 Å². The quantitative estimate of drug-likeness (QED) is 0.688. The Balaban J connectivity index is 1.76. The van der Waals surface area contributed by atoms with Crippen molar-refractivity contribution >= 4 is 40.4 Å². The number of nitriles is 1. The van der Waals surface area contributed by atoms with E-state index in [9.17, 15) is 10.1 Å². The third-order valence-corrected chi connectivity index (χ3v) is 5.48. The number of anilines is 2. The number of fused-ring (bicyclic) bond motifs is 1. The van der Waals surface area contributed by atoms with Crippen LogP contribution in [0.2, 0.25) is 5.02 Å². The average Bonchev–Trinajstić information content (AvgIpc) is 3.32. The van der Waals surface area contributed by atoms with Gasteiger partial charge < -0.3 is 10.6 Å². The van der Waals surface area contributed by atoms with Crippen LogP contribution in [0.5, 0.6) is 0 Å². The van der Waals surface area contributed by atoms with Gasteiger partial charge in [0.25, 0.3) is 5.91 Å². The second kappa shape index (κ2) is 6.91. The van der Waals surface area contributed by atoms with Crippen molar-refractivity contribution in [3.8, 4) is 6.07 Å². The summed E-state index contributed by atoms with van der Waals surface area (Å²) in [4.78, 5) is 14.1. The average molecular weight is 396 g/mol. The summed E-state index contributed by atoms with van der Waals surface area (Å²) in [7, 11) is 0. The minimum Gasteiger partial charge on any atom is -0.343 e. The van der Waals surface area contributed by atoms with Gasteiger partial charge >= 0.3 is 0 Å². The molecule has 134 valence electrons. The molecule has 0 saturated carbocycles. The van der Waals surface area contributed by atoms with Gasteiger partial charge in [-0.15, -0.1) is 11.3 Å². The van der Waals surface area contributed by atoms with Crippen molar-refractivity contribution in [3.05, 3.63) is 74.7 Å². The number of hydrogen-bond acceptors (Lipinski definition) is 5. The van der Waals surface area contributed by atoms with Crippen molar-refractivity contribution in [1.82, 2.24) is 9.78 Å². The molecule has 1 aliphatic rings. The molecule has 0 unspecified atom stereocenters. The fraction of sp³-hybridized carbons (Fsp3) is 0.105. The van der Waals surface area contributed by atoms with Gasteiger partial charge in [0.2, 0.25) is 0 Å². The van der Waals surface area contributed by atoms with Crippen LogP contribution in [0.25, 0.3) is 0 Å². The molecule has 3 heterocycles. The number of halogens is 1. The van der Waals surface area contributed by atoms with E-state index in [0.717, 1.165) is 4.88 Å². The van der Waals surface area contributed by atoms with Crippen LogP contribution in [0.4, 0.5) is 11.5 Å². The van der Waals surface area contributed by atoms with Gasteiger partial charge in [-0.05, 0) is 42.6 Å². The molecule has 4 rings (SSSR count). The van der Waals surface area contributed by atoms with Gasteiger partial charge in [-0.25, -0.2) is 4.68 Å². The summed E-state index contributed by atoms with van der Waals surface area (Å²) in [5.41, 5.74) is 2.32. The van der Waals surface area contributed by atoms with Gasteiger partial charge in [-0.1, -0.05) is 17.7 Å². The topological polar surface area (TPSA) is 82.7 Å². The molecule has 2 N–H and O–H groups in total. The van der Waals surface area contributed by atoms with Crippen LogP contribution in [0.3, 0.4) is 0 Å². The number of nitrogens with one attached hydrogen (secondary N) is 2. The second-order valence-electron chi connectivity index (χ2n) is 6.01. The molecule has 2 aromatic heterocycles. The number of carbonyl (C=O) groups is 1. The van der Waals surface area contributed by atoms with Gasteiger partial charge in [0, 0.05) is 21.3 Å². The molecule has 0 aliphatic carbocycles. The smallest absolute Gasteiger partial charge is 0.255 e. The van der Waals surface area contributed by atoms with Crippen LogP contribution in [0, 0.1) is 11.3 Å². The highest BCUT2D eigenvalue weighted by Crippen LogP contribution is 2.39. The first-order chi connectivity index (χ1) is 13.1. The van der Waals surface area contributed by atoms with Crippen LogP contribution in [-0.4, -0.2) is 15.7 Å². The Bertz CT molecular complexity index is 1080. The van der Waals surface area contributed by atoms with Crippen LogP contribution < -0.4 is 10.6 Å². The molecule has 0 spiro atoms. The van der Waals surface area contributed by atoms with E-state index in [-0.39, 0.29) is 5.91 Å². The maximum absolute atomic E-state index is 13.1. The van der Waals surface area contributed by atoms with Gasteiger partial charge in [-0.3, -0.25) is 4.79 Å². The standard InChI is InChI=1S/C19H14ClN5OS/c1-11-16(19(26)24-14-6-4-13(20)5-7-14)17(15-3-2-8-27-15)25-18(23-11)12(9-21)10-22-25/h2-8,10,17,23H,1H3,(H,24,26)/t17-/m0/s1. The van der Waals surface area contributed by atoms with Gasteiger partial charge in [0.15, 0.2) is 0 Å². The number of thiophene rings is 1. The number of aromatic nitrogens is 2. The zero-order valence-corrected chi connectivity index (χ0v) is 15.8. The summed E-state index contributed by atoms with van der Waals surface area (Å²) in [6.45, 7) is 1.83. The Morgan fingerprint density at radius 3 is 2.81 bits per heavy atom. The molecule has 0 radical (unpaired) electrons. The fourth-order valence-electron chi connectivity index (χ4n) is 3.07. The van der Waals surface area contributed by atoms with Crippen LogP contribution in [0.1, 0.15) is 23.4 Å². The molecular formula is C19H14ClN5OS. The summed E-state index contributed by atoms with van der Waals surface area (Å²) in [5, 5.41) is 22.3. The third-order valence-electron chi connectivity index (χ3n) is 4.30. The highest BCUT2D eigenvalue weighted by molar-refractivity contribution is 7.10. The maximum atomic E-state index is 13.1. The molecule has 1 aliphatic heterocycles. The highest BCUT2D eigenvalue weighted by atomic mass is 35.5. The number of amides is 1. The minimum absolute atomic E-state index is 0.236. The van der Waals surface area contributed by atoms with Gasteiger partial charge in [0.05, 0.1) is 11.8 Å². The number of benzene rings is 1.